The minimum atomic E-state index is 0.360. The second-order valence-electron chi connectivity index (χ2n) is 3.64. The summed E-state index contributed by atoms with van der Waals surface area (Å²) in [4.78, 5) is 4.20. The summed E-state index contributed by atoms with van der Waals surface area (Å²) in [7, 11) is 0. The number of hydrogen-bond donors (Lipinski definition) is 1. The molecule has 0 unspecified atom stereocenters. The first-order chi connectivity index (χ1) is 8.88. The summed E-state index contributed by atoms with van der Waals surface area (Å²) in [5.74, 6) is 6.57. The summed E-state index contributed by atoms with van der Waals surface area (Å²) in [6, 6.07) is 13.4. The minimum absolute atomic E-state index is 0.360. The van der Waals surface area contributed by atoms with Gasteiger partial charge in [-0.2, -0.15) is 0 Å². The van der Waals surface area contributed by atoms with Crippen LogP contribution < -0.4 is 10.5 Å². The van der Waals surface area contributed by atoms with Crippen LogP contribution in [0.2, 0.25) is 0 Å². The molecule has 0 saturated carbocycles. The third-order valence-electron chi connectivity index (χ3n) is 2.28. The smallest absolute Gasteiger partial charge is 0.130 e. The summed E-state index contributed by atoms with van der Waals surface area (Å²) in [5.41, 5.74) is 7.14. The molecule has 0 amide bonds. The maximum atomic E-state index is 5.65. The molecule has 1 aromatic heterocycles. The summed E-state index contributed by atoms with van der Waals surface area (Å²) in [6.07, 6.45) is 1.75. The van der Waals surface area contributed by atoms with E-state index in [1.54, 1.807) is 6.20 Å². The van der Waals surface area contributed by atoms with Crippen molar-refractivity contribution >= 4 is 0 Å². The molecule has 1 heterocycles. The van der Waals surface area contributed by atoms with Crippen LogP contribution in [0.15, 0.2) is 48.7 Å². The van der Waals surface area contributed by atoms with Crippen molar-refractivity contribution in [3.05, 3.63) is 59.9 Å². The van der Waals surface area contributed by atoms with E-state index in [-0.39, 0.29) is 0 Å². The number of pyridine rings is 1. The van der Waals surface area contributed by atoms with Crippen molar-refractivity contribution in [1.82, 2.24) is 4.98 Å². The zero-order valence-electron chi connectivity index (χ0n) is 9.97. The highest BCUT2D eigenvalue weighted by molar-refractivity contribution is 5.39. The number of nitrogens with zero attached hydrogens (tertiary/aromatic N) is 1. The zero-order chi connectivity index (χ0) is 12.6. The Labute approximate surface area is 107 Å². The Kier molecular flexibility index (Phi) is 4.34. The lowest BCUT2D eigenvalue weighted by atomic mass is 10.2. The van der Waals surface area contributed by atoms with Gasteiger partial charge in [-0.3, -0.25) is 4.98 Å². The first kappa shape index (κ1) is 12.2. The van der Waals surface area contributed by atoms with Crippen LogP contribution in [-0.2, 0) is 6.61 Å². The van der Waals surface area contributed by atoms with Gasteiger partial charge in [0, 0.05) is 11.8 Å². The van der Waals surface area contributed by atoms with E-state index in [9.17, 15) is 0 Å². The fourth-order valence-electron chi connectivity index (χ4n) is 1.46. The van der Waals surface area contributed by atoms with Crippen molar-refractivity contribution in [2.75, 3.05) is 6.54 Å². The first-order valence-electron chi connectivity index (χ1n) is 5.70. The molecule has 0 spiro atoms. The van der Waals surface area contributed by atoms with Gasteiger partial charge >= 0.3 is 0 Å². The fraction of sp³-hybridized carbons (Fsp3) is 0.133. The van der Waals surface area contributed by atoms with Crippen molar-refractivity contribution in [1.29, 1.82) is 0 Å². The molecule has 0 fully saturated rings. The van der Waals surface area contributed by atoms with Gasteiger partial charge in [-0.1, -0.05) is 24.0 Å². The topological polar surface area (TPSA) is 48.1 Å². The van der Waals surface area contributed by atoms with Crippen LogP contribution in [0.3, 0.4) is 0 Å². The first-order valence-corrected chi connectivity index (χ1v) is 5.70. The second kappa shape index (κ2) is 6.43. The highest BCUT2D eigenvalue weighted by Gasteiger charge is 1.97. The Hall–Kier alpha value is -2.31. The van der Waals surface area contributed by atoms with E-state index in [1.165, 1.54) is 0 Å². The van der Waals surface area contributed by atoms with Gasteiger partial charge in [-0.05, 0) is 30.3 Å². The molecule has 18 heavy (non-hydrogen) atoms. The normalized spacial score (nSPS) is 9.39. The van der Waals surface area contributed by atoms with Crippen LogP contribution in [-0.4, -0.2) is 11.5 Å². The van der Waals surface area contributed by atoms with Gasteiger partial charge in [0.25, 0.3) is 0 Å². The number of hydrogen-bond acceptors (Lipinski definition) is 3. The van der Waals surface area contributed by atoms with E-state index in [1.807, 2.05) is 42.5 Å². The third kappa shape index (κ3) is 3.62. The SMILES string of the molecule is NCC#Cc1cccc(OCc2ccccn2)c1. The Morgan fingerprint density at radius 2 is 2.11 bits per heavy atom. The Morgan fingerprint density at radius 1 is 1.17 bits per heavy atom. The lowest BCUT2D eigenvalue weighted by Gasteiger charge is -2.05. The van der Waals surface area contributed by atoms with Crippen molar-refractivity contribution < 1.29 is 4.74 Å². The molecule has 90 valence electrons. The van der Waals surface area contributed by atoms with Gasteiger partial charge in [0.15, 0.2) is 0 Å². The average molecular weight is 238 g/mol. The largest absolute Gasteiger partial charge is 0.487 e. The van der Waals surface area contributed by atoms with E-state index in [2.05, 4.69) is 16.8 Å². The van der Waals surface area contributed by atoms with Crippen LogP contribution in [0.5, 0.6) is 5.75 Å². The van der Waals surface area contributed by atoms with Crippen LogP contribution in [0.1, 0.15) is 11.3 Å². The molecule has 0 aliphatic rings. The van der Waals surface area contributed by atoms with Crippen LogP contribution in [0, 0.1) is 11.8 Å². The van der Waals surface area contributed by atoms with Crippen molar-refractivity contribution in [2.45, 2.75) is 6.61 Å². The van der Waals surface area contributed by atoms with Crippen LogP contribution in [0.4, 0.5) is 0 Å². The minimum Gasteiger partial charge on any atom is -0.487 e. The van der Waals surface area contributed by atoms with E-state index in [0.29, 0.717) is 13.2 Å². The standard InChI is InChI=1S/C15H14N2O/c16-9-4-6-13-5-3-8-15(11-13)18-12-14-7-1-2-10-17-14/h1-3,5,7-8,10-11H,9,12,16H2. The number of aromatic nitrogens is 1. The molecule has 0 aliphatic heterocycles. The molecule has 3 heteroatoms. The predicted molar refractivity (Wildman–Crippen MR) is 70.9 cm³/mol. The fourth-order valence-corrected chi connectivity index (χ4v) is 1.46. The average Bonchev–Trinajstić information content (AvgIpc) is 2.44. The molecule has 1 aromatic carbocycles. The van der Waals surface area contributed by atoms with E-state index in [0.717, 1.165) is 17.0 Å². The van der Waals surface area contributed by atoms with Gasteiger partial charge in [0.2, 0.25) is 0 Å². The summed E-state index contributed by atoms with van der Waals surface area (Å²) in [5, 5.41) is 0. The second-order valence-corrected chi connectivity index (χ2v) is 3.64. The highest BCUT2D eigenvalue weighted by atomic mass is 16.5. The Morgan fingerprint density at radius 3 is 2.89 bits per heavy atom. The van der Waals surface area contributed by atoms with Crippen molar-refractivity contribution in [3.8, 4) is 17.6 Å². The molecule has 0 aliphatic carbocycles. The third-order valence-corrected chi connectivity index (χ3v) is 2.28. The van der Waals surface area contributed by atoms with E-state index < -0.39 is 0 Å². The maximum Gasteiger partial charge on any atom is 0.130 e. The van der Waals surface area contributed by atoms with E-state index >= 15 is 0 Å². The molecule has 2 N–H and O–H groups in total. The van der Waals surface area contributed by atoms with Gasteiger partial charge in [0.05, 0.1) is 12.2 Å². The molecular weight excluding hydrogens is 224 g/mol. The maximum absolute atomic E-state index is 5.65. The van der Waals surface area contributed by atoms with Crippen molar-refractivity contribution in [3.63, 3.8) is 0 Å². The summed E-state index contributed by atoms with van der Waals surface area (Å²) in [6.45, 7) is 0.813. The number of rotatable bonds is 3. The Bertz CT molecular complexity index is 555. The Balaban J connectivity index is 2.01. The van der Waals surface area contributed by atoms with Gasteiger partial charge in [-0.25, -0.2) is 0 Å². The molecule has 0 saturated heterocycles. The molecule has 0 atom stereocenters. The van der Waals surface area contributed by atoms with Gasteiger partial charge < -0.3 is 10.5 Å². The molecule has 2 rings (SSSR count). The zero-order valence-corrected chi connectivity index (χ0v) is 9.97. The van der Waals surface area contributed by atoms with Gasteiger partial charge in [0.1, 0.15) is 12.4 Å². The number of ether oxygens (including phenoxy) is 1. The van der Waals surface area contributed by atoms with E-state index in [4.69, 9.17) is 10.5 Å². The molecule has 3 nitrogen and oxygen atoms in total. The van der Waals surface area contributed by atoms with Crippen LogP contribution >= 0.6 is 0 Å². The molecular formula is C15H14N2O. The van der Waals surface area contributed by atoms with Gasteiger partial charge in [-0.15, -0.1) is 0 Å². The lowest BCUT2D eigenvalue weighted by Crippen LogP contribution is -1.97. The molecule has 0 bridgehead atoms. The lowest BCUT2D eigenvalue weighted by molar-refractivity contribution is 0.301. The van der Waals surface area contributed by atoms with Crippen molar-refractivity contribution in [2.24, 2.45) is 5.73 Å². The highest BCUT2D eigenvalue weighted by Crippen LogP contribution is 2.13. The number of nitrogens with two attached hydrogens (primary N) is 1. The molecule has 2 aromatic rings. The number of benzene rings is 1. The molecule has 0 radical (unpaired) electrons. The summed E-state index contributed by atoms with van der Waals surface area (Å²) < 4.78 is 5.65. The van der Waals surface area contributed by atoms with Crippen LogP contribution in [0.25, 0.3) is 0 Å². The predicted octanol–water partition coefficient (Wildman–Crippen LogP) is 1.97. The summed E-state index contributed by atoms with van der Waals surface area (Å²) >= 11 is 0. The quantitative estimate of drug-likeness (QED) is 0.832. The monoisotopic (exact) mass is 238 g/mol.